The zero-order valence-corrected chi connectivity index (χ0v) is 18.8. The first kappa shape index (κ1) is 22.0. The maximum absolute atomic E-state index is 12.7. The molecular formula is C27H30O6. The molecule has 2 aromatic rings. The highest BCUT2D eigenvalue weighted by atomic mass is 16.5. The number of carbonyl (C=O) groups is 2. The highest BCUT2D eigenvalue weighted by Crippen LogP contribution is 2.67. The SMILES string of the molecule is C[C@]12CCC3c4ccc(O)cc4CCC3C1CC[C@]2(O)c1ccccc1C(=O)OCC(=O)O. The number of aromatic hydroxyl groups is 1. The molecule has 0 bridgehead atoms. The molecule has 0 saturated heterocycles. The quantitative estimate of drug-likeness (QED) is 0.598. The summed E-state index contributed by atoms with van der Waals surface area (Å²) in [6, 6.07) is 12.7. The summed E-state index contributed by atoms with van der Waals surface area (Å²) in [7, 11) is 0. The van der Waals surface area contributed by atoms with Gasteiger partial charge >= 0.3 is 11.9 Å². The Morgan fingerprint density at radius 3 is 2.67 bits per heavy atom. The molecule has 0 aromatic heterocycles. The number of phenolic OH excluding ortho intramolecular Hbond substituents is 1. The number of aryl methyl sites for hydroxylation is 1. The lowest BCUT2D eigenvalue weighted by molar-refractivity contribution is -0.140. The van der Waals surface area contributed by atoms with Gasteiger partial charge in [0.25, 0.3) is 0 Å². The lowest BCUT2D eigenvalue weighted by Crippen LogP contribution is -2.49. The molecule has 2 fully saturated rings. The Hall–Kier alpha value is -2.86. The molecule has 2 aromatic carbocycles. The maximum atomic E-state index is 12.7. The number of esters is 1. The van der Waals surface area contributed by atoms with E-state index < -0.39 is 29.6 Å². The van der Waals surface area contributed by atoms with Crippen molar-refractivity contribution < 1.29 is 29.6 Å². The van der Waals surface area contributed by atoms with E-state index in [4.69, 9.17) is 9.84 Å². The summed E-state index contributed by atoms with van der Waals surface area (Å²) in [5.74, 6) is -0.433. The molecule has 0 aliphatic heterocycles. The van der Waals surface area contributed by atoms with Crippen LogP contribution < -0.4 is 0 Å². The summed E-state index contributed by atoms with van der Waals surface area (Å²) in [5, 5.41) is 31.0. The number of ether oxygens (including phenoxy) is 1. The van der Waals surface area contributed by atoms with Gasteiger partial charge in [-0.1, -0.05) is 31.2 Å². The lowest BCUT2D eigenvalue weighted by Gasteiger charge is -2.53. The number of benzene rings is 2. The summed E-state index contributed by atoms with van der Waals surface area (Å²) in [6.07, 6.45) is 5.16. The third kappa shape index (κ3) is 3.34. The van der Waals surface area contributed by atoms with Gasteiger partial charge in [0.2, 0.25) is 0 Å². The number of rotatable bonds is 4. The molecule has 5 rings (SSSR count). The van der Waals surface area contributed by atoms with E-state index in [-0.39, 0.29) is 5.56 Å². The molecule has 0 radical (unpaired) electrons. The van der Waals surface area contributed by atoms with E-state index in [0.717, 1.165) is 32.1 Å². The fourth-order valence-corrected chi connectivity index (χ4v) is 7.25. The van der Waals surface area contributed by atoms with Crippen molar-refractivity contribution in [2.24, 2.45) is 17.3 Å². The van der Waals surface area contributed by atoms with Crippen LogP contribution in [0.4, 0.5) is 0 Å². The standard InChI is InChI=1S/C27H30O6/c1-26-12-10-19-18-9-7-17(28)14-16(18)6-8-20(19)22(26)11-13-27(26,32)23-5-3-2-4-21(23)25(31)33-15-24(29)30/h2-5,7,9,14,19-20,22,28,32H,6,8,10-13,15H2,1H3,(H,29,30)/t19?,20?,22?,26-,27-/m0/s1. The van der Waals surface area contributed by atoms with E-state index in [1.807, 2.05) is 12.1 Å². The Balaban J connectivity index is 1.48. The fraction of sp³-hybridized carbons (Fsp3) is 0.481. The van der Waals surface area contributed by atoms with E-state index in [1.54, 1.807) is 24.3 Å². The van der Waals surface area contributed by atoms with Crippen molar-refractivity contribution in [3.63, 3.8) is 0 Å². The molecule has 3 aliphatic carbocycles. The zero-order valence-electron chi connectivity index (χ0n) is 18.8. The predicted molar refractivity (Wildman–Crippen MR) is 121 cm³/mol. The number of aliphatic carboxylic acids is 1. The minimum atomic E-state index is -1.21. The average Bonchev–Trinajstić information content (AvgIpc) is 3.08. The molecule has 6 heteroatoms. The van der Waals surface area contributed by atoms with Gasteiger partial charge in [0.1, 0.15) is 5.75 Å². The van der Waals surface area contributed by atoms with Crippen molar-refractivity contribution in [3.05, 3.63) is 64.7 Å². The van der Waals surface area contributed by atoms with Crippen LogP contribution >= 0.6 is 0 Å². The average molecular weight is 451 g/mol. The molecule has 0 heterocycles. The number of phenols is 1. The zero-order chi connectivity index (χ0) is 23.4. The first-order chi connectivity index (χ1) is 15.7. The van der Waals surface area contributed by atoms with Crippen molar-refractivity contribution >= 4 is 11.9 Å². The fourth-order valence-electron chi connectivity index (χ4n) is 7.25. The molecule has 3 unspecified atom stereocenters. The lowest BCUT2D eigenvalue weighted by atomic mass is 9.52. The topological polar surface area (TPSA) is 104 Å². The van der Waals surface area contributed by atoms with Crippen LogP contribution in [0, 0.1) is 17.3 Å². The van der Waals surface area contributed by atoms with Crippen LogP contribution in [0.3, 0.4) is 0 Å². The van der Waals surface area contributed by atoms with Gasteiger partial charge in [-0.15, -0.1) is 0 Å². The number of carboxylic acids is 1. The molecule has 0 amide bonds. The third-order valence-electron chi connectivity index (χ3n) is 8.78. The van der Waals surface area contributed by atoms with Crippen LogP contribution in [0.5, 0.6) is 5.75 Å². The monoisotopic (exact) mass is 450 g/mol. The van der Waals surface area contributed by atoms with Crippen LogP contribution in [0.15, 0.2) is 42.5 Å². The van der Waals surface area contributed by atoms with Crippen LogP contribution in [0.1, 0.15) is 72.0 Å². The number of hydrogen-bond donors (Lipinski definition) is 3. The second-order valence-electron chi connectivity index (χ2n) is 10.2. The molecule has 6 nitrogen and oxygen atoms in total. The van der Waals surface area contributed by atoms with Crippen molar-refractivity contribution in [2.75, 3.05) is 6.61 Å². The Morgan fingerprint density at radius 2 is 1.88 bits per heavy atom. The van der Waals surface area contributed by atoms with E-state index in [9.17, 15) is 19.8 Å². The number of hydrogen-bond acceptors (Lipinski definition) is 5. The van der Waals surface area contributed by atoms with Crippen molar-refractivity contribution in [2.45, 2.75) is 57.0 Å². The second-order valence-corrected chi connectivity index (χ2v) is 10.2. The Labute approximate surface area is 193 Å². The number of fused-ring (bicyclic) bond motifs is 5. The van der Waals surface area contributed by atoms with Crippen LogP contribution in [0.25, 0.3) is 0 Å². The van der Waals surface area contributed by atoms with Gasteiger partial charge in [-0.3, -0.25) is 0 Å². The number of aliphatic hydroxyl groups is 1. The van der Waals surface area contributed by atoms with Gasteiger partial charge in [0.05, 0.1) is 11.2 Å². The summed E-state index contributed by atoms with van der Waals surface area (Å²) < 4.78 is 4.97. The van der Waals surface area contributed by atoms with Gasteiger partial charge in [-0.2, -0.15) is 0 Å². The maximum Gasteiger partial charge on any atom is 0.341 e. The molecular weight excluding hydrogens is 420 g/mol. The minimum Gasteiger partial charge on any atom is -0.508 e. The number of carboxylic acid groups (broad SMARTS) is 1. The highest BCUT2D eigenvalue weighted by molar-refractivity contribution is 5.92. The van der Waals surface area contributed by atoms with Crippen LogP contribution in [0.2, 0.25) is 0 Å². The largest absolute Gasteiger partial charge is 0.508 e. The predicted octanol–water partition coefficient (Wildman–Crippen LogP) is 4.38. The summed E-state index contributed by atoms with van der Waals surface area (Å²) in [5.41, 5.74) is 1.78. The van der Waals surface area contributed by atoms with Crippen molar-refractivity contribution in [1.29, 1.82) is 0 Å². The van der Waals surface area contributed by atoms with E-state index in [0.29, 0.717) is 35.5 Å². The first-order valence-corrected chi connectivity index (χ1v) is 11.8. The van der Waals surface area contributed by atoms with Crippen LogP contribution in [-0.4, -0.2) is 33.9 Å². The number of carbonyl (C=O) groups excluding carboxylic acids is 1. The molecule has 2 saturated carbocycles. The van der Waals surface area contributed by atoms with Gasteiger partial charge in [-0.05, 0) is 91.2 Å². The van der Waals surface area contributed by atoms with Gasteiger partial charge in [0.15, 0.2) is 6.61 Å². The summed E-state index contributed by atoms with van der Waals surface area (Å²) in [6.45, 7) is 1.46. The van der Waals surface area contributed by atoms with Crippen LogP contribution in [-0.2, 0) is 21.6 Å². The van der Waals surface area contributed by atoms with E-state index in [1.165, 1.54) is 11.1 Å². The molecule has 33 heavy (non-hydrogen) atoms. The molecule has 3 N–H and O–H groups in total. The van der Waals surface area contributed by atoms with Crippen molar-refractivity contribution in [3.8, 4) is 5.75 Å². The summed E-state index contributed by atoms with van der Waals surface area (Å²) >= 11 is 0. The third-order valence-corrected chi connectivity index (χ3v) is 8.78. The smallest absolute Gasteiger partial charge is 0.341 e. The van der Waals surface area contributed by atoms with Gasteiger partial charge in [0, 0.05) is 5.41 Å². The molecule has 0 spiro atoms. The molecule has 174 valence electrons. The second kappa shape index (κ2) is 7.87. The highest BCUT2D eigenvalue weighted by Gasteiger charge is 2.62. The van der Waals surface area contributed by atoms with Gasteiger partial charge in [-0.25, -0.2) is 9.59 Å². The first-order valence-electron chi connectivity index (χ1n) is 11.8. The Morgan fingerprint density at radius 1 is 1.09 bits per heavy atom. The summed E-state index contributed by atoms with van der Waals surface area (Å²) in [4.78, 5) is 23.6. The Kier molecular flexibility index (Phi) is 5.24. The minimum absolute atomic E-state index is 0.245. The van der Waals surface area contributed by atoms with Gasteiger partial charge < -0.3 is 20.1 Å². The molecule has 3 aliphatic rings. The normalized spacial score (nSPS) is 32.4. The molecule has 5 atom stereocenters. The van der Waals surface area contributed by atoms with E-state index >= 15 is 0 Å². The van der Waals surface area contributed by atoms with Crippen molar-refractivity contribution in [1.82, 2.24) is 0 Å². The Bertz CT molecular complexity index is 1110. The van der Waals surface area contributed by atoms with E-state index in [2.05, 4.69) is 13.0 Å².